The van der Waals surface area contributed by atoms with Gasteiger partial charge in [-0.3, -0.25) is 4.79 Å². The Bertz CT molecular complexity index is 876. The van der Waals surface area contributed by atoms with Crippen LogP contribution in [0.15, 0.2) is 36.4 Å². The molecular weight excluding hydrogens is 390 g/mol. The van der Waals surface area contributed by atoms with E-state index >= 15 is 0 Å². The third kappa shape index (κ3) is 5.33. The first kappa shape index (κ1) is 23.0. The molecule has 3 rings (SSSR count). The van der Waals surface area contributed by atoms with Gasteiger partial charge in [0, 0.05) is 13.0 Å². The van der Waals surface area contributed by atoms with Crippen LogP contribution in [0.1, 0.15) is 68.7 Å². The van der Waals surface area contributed by atoms with Crippen LogP contribution < -0.4 is 14.2 Å². The Labute approximate surface area is 186 Å². The van der Waals surface area contributed by atoms with E-state index in [9.17, 15) is 4.79 Å². The normalized spacial score (nSPS) is 15.5. The molecular formula is C26H35NO4. The second kappa shape index (κ2) is 10.6. The van der Waals surface area contributed by atoms with Crippen LogP contribution in [0.25, 0.3) is 0 Å². The molecule has 0 N–H and O–H groups in total. The highest BCUT2D eigenvalue weighted by Crippen LogP contribution is 2.38. The van der Waals surface area contributed by atoms with Gasteiger partial charge in [-0.2, -0.15) is 0 Å². The van der Waals surface area contributed by atoms with Crippen LogP contribution in [0, 0.1) is 0 Å². The Morgan fingerprint density at radius 2 is 1.77 bits per heavy atom. The summed E-state index contributed by atoms with van der Waals surface area (Å²) in [5, 5.41) is 0. The average Bonchev–Trinajstić information content (AvgIpc) is 2.79. The molecule has 1 aliphatic heterocycles. The molecule has 2 aromatic carbocycles. The van der Waals surface area contributed by atoms with Crippen LogP contribution in [-0.2, 0) is 11.2 Å². The van der Waals surface area contributed by atoms with E-state index in [1.807, 2.05) is 29.2 Å². The Kier molecular flexibility index (Phi) is 7.83. The molecule has 1 atom stereocenters. The molecule has 0 spiro atoms. The van der Waals surface area contributed by atoms with E-state index in [0.717, 1.165) is 36.3 Å². The predicted octanol–water partition coefficient (Wildman–Crippen LogP) is 5.52. The Hall–Kier alpha value is -2.69. The summed E-state index contributed by atoms with van der Waals surface area (Å²) in [7, 11) is 3.29. The number of carbonyl (C=O) groups excluding carboxylic acids is 1. The van der Waals surface area contributed by atoms with Gasteiger partial charge in [0.1, 0.15) is 12.4 Å². The maximum atomic E-state index is 13.0. The lowest BCUT2D eigenvalue weighted by Gasteiger charge is -2.37. The number of nitrogens with zero attached hydrogens (tertiary/aromatic N) is 1. The summed E-state index contributed by atoms with van der Waals surface area (Å²) >= 11 is 0. The van der Waals surface area contributed by atoms with Crippen LogP contribution in [0.5, 0.6) is 17.2 Å². The Balaban J connectivity index is 1.88. The second-order valence-electron chi connectivity index (χ2n) is 8.40. The van der Waals surface area contributed by atoms with Crippen molar-refractivity contribution in [2.75, 3.05) is 27.4 Å². The van der Waals surface area contributed by atoms with Gasteiger partial charge in [-0.1, -0.05) is 39.3 Å². The molecule has 5 heteroatoms. The number of carbonyl (C=O) groups is 1. The van der Waals surface area contributed by atoms with Crippen molar-refractivity contribution in [1.82, 2.24) is 4.90 Å². The largest absolute Gasteiger partial charge is 0.493 e. The van der Waals surface area contributed by atoms with Crippen molar-refractivity contribution in [2.24, 2.45) is 0 Å². The molecule has 0 fully saturated rings. The zero-order chi connectivity index (χ0) is 22.4. The van der Waals surface area contributed by atoms with Gasteiger partial charge in [0.2, 0.25) is 5.91 Å². The molecule has 1 aliphatic rings. The minimum absolute atomic E-state index is 0.155. The minimum atomic E-state index is -0.155. The smallest absolute Gasteiger partial charge is 0.223 e. The van der Waals surface area contributed by atoms with E-state index in [4.69, 9.17) is 14.2 Å². The quantitative estimate of drug-likeness (QED) is 0.531. The lowest BCUT2D eigenvalue weighted by atomic mass is 9.91. The minimum Gasteiger partial charge on any atom is -0.493 e. The molecule has 0 saturated carbocycles. The lowest BCUT2D eigenvalue weighted by Crippen LogP contribution is -2.42. The van der Waals surface area contributed by atoms with E-state index in [2.05, 4.69) is 32.9 Å². The summed E-state index contributed by atoms with van der Waals surface area (Å²) in [5.74, 6) is 2.88. The van der Waals surface area contributed by atoms with Crippen molar-refractivity contribution < 1.29 is 19.0 Å². The zero-order valence-corrected chi connectivity index (χ0v) is 19.4. The molecule has 1 unspecified atom stereocenters. The van der Waals surface area contributed by atoms with Gasteiger partial charge >= 0.3 is 0 Å². The Morgan fingerprint density at radius 1 is 1.10 bits per heavy atom. The number of ether oxygens (including phenoxy) is 3. The van der Waals surface area contributed by atoms with E-state index in [0.29, 0.717) is 31.2 Å². The first-order chi connectivity index (χ1) is 15.0. The number of benzene rings is 2. The van der Waals surface area contributed by atoms with Crippen molar-refractivity contribution >= 4 is 5.91 Å². The highest BCUT2D eigenvalue weighted by Gasteiger charge is 2.32. The molecule has 1 amide bonds. The summed E-state index contributed by atoms with van der Waals surface area (Å²) in [4.78, 5) is 15.0. The Morgan fingerprint density at radius 3 is 2.39 bits per heavy atom. The fraction of sp³-hybridized carbons (Fsp3) is 0.500. The van der Waals surface area contributed by atoms with Crippen LogP contribution in [0.2, 0.25) is 0 Å². The number of hydrogen-bond donors (Lipinski definition) is 0. The van der Waals surface area contributed by atoms with Crippen LogP contribution >= 0.6 is 0 Å². The van der Waals surface area contributed by atoms with Gasteiger partial charge in [-0.05, 0) is 59.7 Å². The van der Waals surface area contributed by atoms with Gasteiger partial charge < -0.3 is 19.1 Å². The van der Waals surface area contributed by atoms with Gasteiger partial charge in [0.05, 0.1) is 20.3 Å². The third-order valence-corrected chi connectivity index (χ3v) is 6.02. The van der Waals surface area contributed by atoms with Gasteiger partial charge in [0.25, 0.3) is 0 Å². The van der Waals surface area contributed by atoms with Gasteiger partial charge in [0.15, 0.2) is 11.5 Å². The predicted molar refractivity (Wildman–Crippen MR) is 123 cm³/mol. The number of amides is 1. The monoisotopic (exact) mass is 425 g/mol. The molecule has 2 aromatic rings. The average molecular weight is 426 g/mol. The van der Waals surface area contributed by atoms with Crippen molar-refractivity contribution in [3.05, 3.63) is 53.1 Å². The van der Waals surface area contributed by atoms with Crippen molar-refractivity contribution in [3.8, 4) is 17.2 Å². The summed E-state index contributed by atoms with van der Waals surface area (Å²) < 4.78 is 17.2. The molecule has 168 valence electrons. The number of rotatable bonds is 9. The van der Waals surface area contributed by atoms with Crippen LogP contribution in [0.3, 0.4) is 0 Å². The number of methoxy groups -OCH3 is 2. The lowest BCUT2D eigenvalue weighted by molar-refractivity contribution is -0.135. The maximum absolute atomic E-state index is 13.0. The number of fused-ring (bicyclic) bond motifs is 1. The van der Waals surface area contributed by atoms with Gasteiger partial charge in [-0.25, -0.2) is 0 Å². The molecule has 31 heavy (non-hydrogen) atoms. The highest BCUT2D eigenvalue weighted by molar-refractivity contribution is 5.77. The molecule has 5 nitrogen and oxygen atoms in total. The van der Waals surface area contributed by atoms with Crippen molar-refractivity contribution in [3.63, 3.8) is 0 Å². The third-order valence-electron chi connectivity index (χ3n) is 6.02. The first-order valence-corrected chi connectivity index (χ1v) is 11.3. The van der Waals surface area contributed by atoms with E-state index in [1.165, 1.54) is 11.1 Å². The number of unbranched alkanes of at least 4 members (excludes halogenated alkanes) is 1. The highest BCUT2D eigenvalue weighted by atomic mass is 16.5. The molecule has 0 radical (unpaired) electrons. The summed E-state index contributed by atoms with van der Waals surface area (Å²) in [5.41, 5.74) is 3.54. The second-order valence-corrected chi connectivity index (χ2v) is 8.40. The topological polar surface area (TPSA) is 48.0 Å². The summed E-state index contributed by atoms with van der Waals surface area (Å²) in [6.07, 6.45) is 3.27. The fourth-order valence-electron chi connectivity index (χ4n) is 4.10. The maximum Gasteiger partial charge on any atom is 0.223 e. The standard InChI is InChI=1S/C26H35NO4/c1-6-7-8-26(28)27-14-13-20-15-24(29-4)25(30-5)16-22(20)23(27)17-31-21-11-9-19(10-12-21)18(2)3/h9-12,15-16,18,23H,6-8,13-14,17H2,1-5H3. The molecule has 0 bridgehead atoms. The van der Waals surface area contributed by atoms with Crippen molar-refractivity contribution in [2.45, 2.75) is 58.4 Å². The van der Waals surface area contributed by atoms with Crippen LogP contribution in [-0.4, -0.2) is 38.2 Å². The van der Waals surface area contributed by atoms with Gasteiger partial charge in [-0.15, -0.1) is 0 Å². The summed E-state index contributed by atoms with van der Waals surface area (Å²) in [6, 6.07) is 12.1. The van der Waals surface area contributed by atoms with E-state index in [1.54, 1.807) is 14.2 Å². The van der Waals surface area contributed by atoms with E-state index < -0.39 is 0 Å². The van der Waals surface area contributed by atoms with E-state index in [-0.39, 0.29) is 11.9 Å². The van der Waals surface area contributed by atoms with Crippen LogP contribution in [0.4, 0.5) is 0 Å². The zero-order valence-electron chi connectivity index (χ0n) is 19.4. The SMILES string of the molecule is CCCCC(=O)N1CCc2cc(OC)c(OC)cc2C1COc1ccc(C(C)C)cc1. The molecule has 0 saturated heterocycles. The van der Waals surface area contributed by atoms with Crippen molar-refractivity contribution in [1.29, 1.82) is 0 Å². The fourth-order valence-corrected chi connectivity index (χ4v) is 4.10. The summed E-state index contributed by atoms with van der Waals surface area (Å²) in [6.45, 7) is 7.55. The molecule has 0 aromatic heterocycles. The first-order valence-electron chi connectivity index (χ1n) is 11.3. The number of hydrogen-bond acceptors (Lipinski definition) is 4. The molecule has 0 aliphatic carbocycles. The molecule has 1 heterocycles.